The molecule has 19 heavy (non-hydrogen) atoms. The van der Waals surface area contributed by atoms with E-state index in [0.717, 1.165) is 12.8 Å². The molecule has 2 saturated heterocycles. The van der Waals surface area contributed by atoms with Crippen molar-refractivity contribution >= 4 is 16.0 Å². The second-order valence-electron chi connectivity index (χ2n) is 6.32. The van der Waals surface area contributed by atoms with Gasteiger partial charge in [0.25, 0.3) is 0 Å². The predicted molar refractivity (Wildman–Crippen MR) is 72.3 cm³/mol. The molecule has 0 amide bonds. The molecule has 2 unspecified atom stereocenters. The van der Waals surface area contributed by atoms with Crippen molar-refractivity contribution < 1.29 is 18.3 Å². The van der Waals surface area contributed by atoms with Crippen molar-refractivity contribution in [1.82, 2.24) is 4.31 Å². The summed E-state index contributed by atoms with van der Waals surface area (Å²) in [4.78, 5) is 10.8. The Labute approximate surface area is 115 Å². The van der Waals surface area contributed by atoms with E-state index in [1.807, 2.05) is 13.8 Å². The van der Waals surface area contributed by atoms with Gasteiger partial charge in [-0.25, -0.2) is 8.42 Å². The van der Waals surface area contributed by atoms with E-state index in [1.54, 1.807) is 4.31 Å². The van der Waals surface area contributed by atoms with Gasteiger partial charge in [-0.3, -0.25) is 4.79 Å². The molecule has 0 aliphatic carbocycles. The third-order valence-electron chi connectivity index (χ3n) is 4.09. The molecule has 2 aliphatic heterocycles. The first kappa shape index (κ1) is 14.8. The summed E-state index contributed by atoms with van der Waals surface area (Å²) >= 11 is 0. The number of hydrogen-bond donors (Lipinski definition) is 1. The molecule has 2 heterocycles. The van der Waals surface area contributed by atoms with Crippen LogP contribution in [0.4, 0.5) is 0 Å². The number of piperidine rings is 1. The van der Waals surface area contributed by atoms with Gasteiger partial charge in [0.1, 0.15) is 0 Å². The number of nitrogens with zero attached hydrogens (tertiary/aromatic N) is 1. The van der Waals surface area contributed by atoms with Crippen molar-refractivity contribution in [3.8, 4) is 0 Å². The van der Waals surface area contributed by atoms with E-state index < -0.39 is 16.0 Å². The zero-order chi connectivity index (χ0) is 14.2. The minimum Gasteiger partial charge on any atom is -0.481 e. The molecule has 1 N–H and O–H groups in total. The Morgan fingerprint density at radius 3 is 2.21 bits per heavy atom. The van der Waals surface area contributed by atoms with Gasteiger partial charge in [0.2, 0.25) is 10.0 Å². The SMILES string of the molecule is CC(C)CS(=O)(=O)N1C2CCC1CC(CC(=O)O)C2. The van der Waals surface area contributed by atoms with Crippen LogP contribution in [0, 0.1) is 11.8 Å². The van der Waals surface area contributed by atoms with Gasteiger partial charge >= 0.3 is 5.97 Å². The molecule has 0 spiro atoms. The number of fused-ring (bicyclic) bond motifs is 2. The van der Waals surface area contributed by atoms with Crippen LogP contribution in [0.2, 0.25) is 0 Å². The van der Waals surface area contributed by atoms with Gasteiger partial charge in [-0.15, -0.1) is 0 Å². The summed E-state index contributed by atoms with van der Waals surface area (Å²) in [5.74, 6) is -0.312. The van der Waals surface area contributed by atoms with Gasteiger partial charge in [0.15, 0.2) is 0 Å². The average molecular weight is 289 g/mol. The normalized spacial score (nSPS) is 31.8. The fourth-order valence-corrected chi connectivity index (χ4v) is 5.93. The number of aliphatic carboxylic acids is 1. The van der Waals surface area contributed by atoms with Crippen LogP contribution in [0.3, 0.4) is 0 Å². The maximum Gasteiger partial charge on any atom is 0.303 e. The van der Waals surface area contributed by atoms with E-state index in [0.29, 0.717) is 12.8 Å². The first-order chi connectivity index (χ1) is 8.79. The minimum atomic E-state index is -3.18. The van der Waals surface area contributed by atoms with Gasteiger partial charge < -0.3 is 5.11 Å². The van der Waals surface area contributed by atoms with Crippen molar-refractivity contribution in [2.45, 2.75) is 58.0 Å². The first-order valence-electron chi connectivity index (χ1n) is 7.02. The number of hydrogen-bond acceptors (Lipinski definition) is 3. The lowest BCUT2D eigenvalue weighted by Crippen LogP contribution is -2.48. The van der Waals surface area contributed by atoms with Crippen LogP contribution in [0.25, 0.3) is 0 Å². The summed E-state index contributed by atoms with van der Waals surface area (Å²) in [6.45, 7) is 3.83. The standard InChI is InChI=1S/C13H23NO4S/c1-9(2)8-19(17,18)14-11-3-4-12(14)6-10(5-11)7-13(15)16/h9-12H,3-8H2,1-2H3,(H,15,16). The molecule has 0 aromatic carbocycles. The number of sulfonamides is 1. The maximum atomic E-state index is 12.4. The molecule has 0 aromatic heterocycles. The minimum absolute atomic E-state index is 0.0341. The molecule has 0 radical (unpaired) electrons. The fourth-order valence-electron chi connectivity index (χ4n) is 3.62. The van der Waals surface area contributed by atoms with Gasteiger partial charge in [-0.05, 0) is 37.5 Å². The molecule has 2 rings (SSSR count). The molecular formula is C13H23NO4S. The zero-order valence-corrected chi connectivity index (χ0v) is 12.4. The van der Waals surface area contributed by atoms with Crippen LogP contribution < -0.4 is 0 Å². The van der Waals surface area contributed by atoms with Gasteiger partial charge in [-0.1, -0.05) is 13.8 Å². The monoisotopic (exact) mass is 289 g/mol. The van der Waals surface area contributed by atoms with Crippen molar-refractivity contribution in [2.24, 2.45) is 11.8 Å². The molecule has 0 aromatic rings. The Bertz CT molecular complexity index is 432. The highest BCUT2D eigenvalue weighted by molar-refractivity contribution is 7.89. The number of carboxylic acids is 1. The van der Waals surface area contributed by atoms with Crippen LogP contribution >= 0.6 is 0 Å². The molecule has 2 aliphatic rings. The second kappa shape index (κ2) is 5.40. The largest absolute Gasteiger partial charge is 0.481 e. The lowest BCUT2D eigenvalue weighted by Gasteiger charge is -2.37. The molecule has 5 nitrogen and oxygen atoms in total. The third-order valence-corrected chi connectivity index (χ3v) is 6.42. The van der Waals surface area contributed by atoms with E-state index in [-0.39, 0.29) is 36.1 Å². The van der Waals surface area contributed by atoms with E-state index in [2.05, 4.69) is 0 Å². The second-order valence-corrected chi connectivity index (χ2v) is 8.24. The molecule has 2 bridgehead atoms. The molecular weight excluding hydrogens is 266 g/mol. The highest BCUT2D eigenvalue weighted by Crippen LogP contribution is 2.41. The van der Waals surface area contributed by atoms with Crippen LogP contribution in [-0.4, -0.2) is 41.6 Å². The Hall–Kier alpha value is -0.620. The quantitative estimate of drug-likeness (QED) is 0.835. The van der Waals surface area contributed by atoms with Crippen molar-refractivity contribution in [3.63, 3.8) is 0 Å². The van der Waals surface area contributed by atoms with Crippen molar-refractivity contribution in [2.75, 3.05) is 5.75 Å². The number of carbonyl (C=O) groups is 1. The smallest absolute Gasteiger partial charge is 0.303 e. The van der Waals surface area contributed by atoms with Crippen LogP contribution in [-0.2, 0) is 14.8 Å². The highest BCUT2D eigenvalue weighted by atomic mass is 32.2. The van der Waals surface area contributed by atoms with Gasteiger partial charge in [0.05, 0.1) is 5.75 Å². The Morgan fingerprint density at radius 1 is 1.26 bits per heavy atom. The molecule has 6 heteroatoms. The Balaban J connectivity index is 2.09. The summed E-state index contributed by atoms with van der Waals surface area (Å²) in [6, 6.07) is 0.0682. The third kappa shape index (κ3) is 3.28. The van der Waals surface area contributed by atoms with Crippen LogP contribution in [0.1, 0.15) is 46.0 Å². The van der Waals surface area contributed by atoms with E-state index >= 15 is 0 Å². The maximum absolute atomic E-state index is 12.4. The molecule has 110 valence electrons. The summed E-state index contributed by atoms with van der Waals surface area (Å²) in [5.41, 5.74) is 0. The van der Waals surface area contributed by atoms with E-state index in [1.165, 1.54) is 0 Å². The van der Waals surface area contributed by atoms with Crippen LogP contribution in [0.5, 0.6) is 0 Å². The predicted octanol–water partition coefficient (Wildman–Crippen LogP) is 1.69. The Morgan fingerprint density at radius 2 is 1.79 bits per heavy atom. The molecule has 2 atom stereocenters. The lowest BCUT2D eigenvalue weighted by molar-refractivity contribution is -0.138. The summed E-state index contributed by atoms with van der Waals surface area (Å²) in [7, 11) is -3.18. The number of carboxylic acid groups (broad SMARTS) is 1. The first-order valence-corrected chi connectivity index (χ1v) is 8.63. The lowest BCUT2D eigenvalue weighted by atomic mass is 9.90. The zero-order valence-electron chi connectivity index (χ0n) is 11.6. The average Bonchev–Trinajstić information content (AvgIpc) is 2.49. The molecule has 2 fully saturated rings. The summed E-state index contributed by atoms with van der Waals surface area (Å²) in [6.07, 6.45) is 3.36. The highest BCUT2D eigenvalue weighted by Gasteiger charge is 2.46. The summed E-state index contributed by atoms with van der Waals surface area (Å²) < 4.78 is 26.5. The van der Waals surface area contributed by atoms with E-state index in [4.69, 9.17) is 5.11 Å². The number of rotatable bonds is 5. The van der Waals surface area contributed by atoms with E-state index in [9.17, 15) is 13.2 Å². The van der Waals surface area contributed by atoms with Gasteiger partial charge in [-0.2, -0.15) is 4.31 Å². The van der Waals surface area contributed by atoms with Crippen LogP contribution in [0.15, 0.2) is 0 Å². The van der Waals surface area contributed by atoms with Gasteiger partial charge in [0, 0.05) is 18.5 Å². The fraction of sp³-hybridized carbons (Fsp3) is 0.923. The van der Waals surface area contributed by atoms with Crippen molar-refractivity contribution in [3.05, 3.63) is 0 Å². The molecule has 0 saturated carbocycles. The Kier molecular flexibility index (Phi) is 4.20. The summed E-state index contributed by atoms with van der Waals surface area (Å²) in [5, 5.41) is 8.87. The van der Waals surface area contributed by atoms with Crippen molar-refractivity contribution in [1.29, 1.82) is 0 Å². The topological polar surface area (TPSA) is 74.7 Å².